The van der Waals surface area contributed by atoms with Crippen LogP contribution in [0.5, 0.6) is 11.6 Å². The molecule has 0 atom stereocenters. The summed E-state index contributed by atoms with van der Waals surface area (Å²) in [7, 11) is 1.21. The molecule has 0 radical (unpaired) electrons. The highest BCUT2D eigenvalue weighted by Crippen LogP contribution is 2.31. The summed E-state index contributed by atoms with van der Waals surface area (Å²) in [5.74, 6) is -1.27. The van der Waals surface area contributed by atoms with E-state index in [1.165, 1.54) is 25.4 Å². The molecule has 0 bridgehead atoms. The highest BCUT2D eigenvalue weighted by molar-refractivity contribution is 9.10. The van der Waals surface area contributed by atoms with Crippen molar-refractivity contribution in [3.8, 4) is 11.6 Å². The van der Waals surface area contributed by atoms with Crippen LogP contribution in [0.1, 0.15) is 10.6 Å². The Labute approximate surface area is 121 Å². The lowest BCUT2D eigenvalue weighted by atomic mass is 10.3. The summed E-state index contributed by atoms with van der Waals surface area (Å²) in [5, 5.41) is 0. The molecule has 2 aromatic rings. The second-order valence-corrected chi connectivity index (χ2v) is 4.47. The molecule has 1 aromatic carbocycles. The first-order chi connectivity index (χ1) is 9.51. The van der Waals surface area contributed by atoms with E-state index >= 15 is 0 Å². The number of nitrogens with zero attached hydrogens (tertiary/aromatic N) is 2. The molecule has 8 heteroatoms. The largest absolute Gasteiger partial charge is 0.463 e. The summed E-state index contributed by atoms with van der Waals surface area (Å²) in [6.07, 6.45) is 1.32. The van der Waals surface area contributed by atoms with Gasteiger partial charge in [0.1, 0.15) is 5.82 Å². The molecule has 1 aromatic heterocycles. The minimum atomic E-state index is -0.703. The zero-order valence-corrected chi connectivity index (χ0v) is 11.8. The van der Waals surface area contributed by atoms with Crippen LogP contribution in [0.2, 0.25) is 0 Å². The summed E-state index contributed by atoms with van der Waals surface area (Å²) in [6.45, 7) is 0. The van der Waals surface area contributed by atoms with Gasteiger partial charge in [0, 0.05) is 18.3 Å². The van der Waals surface area contributed by atoms with E-state index in [2.05, 4.69) is 30.6 Å². The minimum Gasteiger partial charge on any atom is -0.463 e. The first kappa shape index (κ1) is 14.2. The Morgan fingerprint density at radius 2 is 2.20 bits per heavy atom. The number of aromatic nitrogens is 2. The SMILES string of the molecule is COC(=O)c1nccc(Oc2cc(F)c(Br)cc2N)n1. The van der Waals surface area contributed by atoms with Crippen molar-refractivity contribution in [3.63, 3.8) is 0 Å². The molecule has 104 valence electrons. The van der Waals surface area contributed by atoms with E-state index in [-0.39, 0.29) is 27.6 Å². The monoisotopic (exact) mass is 341 g/mol. The van der Waals surface area contributed by atoms with Crippen molar-refractivity contribution in [2.24, 2.45) is 0 Å². The molecule has 0 aliphatic heterocycles. The van der Waals surface area contributed by atoms with Crippen molar-refractivity contribution >= 4 is 27.6 Å². The van der Waals surface area contributed by atoms with Crippen LogP contribution in [0.4, 0.5) is 10.1 Å². The molecule has 2 rings (SSSR count). The molecule has 0 saturated carbocycles. The summed E-state index contributed by atoms with van der Waals surface area (Å²) >= 11 is 3.01. The van der Waals surface area contributed by atoms with Gasteiger partial charge in [-0.2, -0.15) is 4.98 Å². The van der Waals surface area contributed by atoms with Crippen molar-refractivity contribution in [2.75, 3.05) is 12.8 Å². The van der Waals surface area contributed by atoms with Crippen LogP contribution >= 0.6 is 15.9 Å². The fourth-order valence-corrected chi connectivity index (χ4v) is 1.69. The first-order valence-electron chi connectivity index (χ1n) is 5.35. The predicted octanol–water partition coefficient (Wildman–Crippen LogP) is 2.54. The molecule has 6 nitrogen and oxygen atoms in total. The van der Waals surface area contributed by atoms with E-state index in [4.69, 9.17) is 10.5 Å². The van der Waals surface area contributed by atoms with Crippen LogP contribution in [-0.2, 0) is 4.74 Å². The molecule has 0 aliphatic rings. The molecule has 0 saturated heterocycles. The number of carbonyl (C=O) groups excluding carboxylic acids is 1. The Hall–Kier alpha value is -2.22. The number of nitrogen functional groups attached to an aromatic ring is 1. The van der Waals surface area contributed by atoms with Gasteiger partial charge in [-0.3, -0.25) is 0 Å². The second kappa shape index (κ2) is 5.83. The maximum atomic E-state index is 13.4. The van der Waals surface area contributed by atoms with Crippen LogP contribution in [-0.4, -0.2) is 23.0 Å². The number of esters is 1. The normalized spacial score (nSPS) is 10.2. The van der Waals surface area contributed by atoms with Crippen molar-refractivity contribution in [2.45, 2.75) is 0 Å². The van der Waals surface area contributed by atoms with Crippen LogP contribution in [0, 0.1) is 5.82 Å². The number of anilines is 1. The number of ether oxygens (including phenoxy) is 2. The molecule has 0 spiro atoms. The molecule has 0 aliphatic carbocycles. The zero-order valence-electron chi connectivity index (χ0n) is 10.3. The lowest BCUT2D eigenvalue weighted by molar-refractivity contribution is 0.0585. The fraction of sp³-hybridized carbons (Fsp3) is 0.0833. The number of carbonyl (C=O) groups is 1. The molecule has 1 heterocycles. The van der Waals surface area contributed by atoms with Crippen molar-refractivity contribution < 1.29 is 18.7 Å². The van der Waals surface area contributed by atoms with Crippen LogP contribution in [0.15, 0.2) is 28.9 Å². The molecule has 20 heavy (non-hydrogen) atoms. The Morgan fingerprint density at radius 1 is 1.45 bits per heavy atom. The number of benzene rings is 1. The molecule has 2 N–H and O–H groups in total. The van der Waals surface area contributed by atoms with Gasteiger partial charge in [0.25, 0.3) is 0 Å². The number of methoxy groups -OCH3 is 1. The third-order valence-electron chi connectivity index (χ3n) is 2.27. The maximum Gasteiger partial charge on any atom is 0.376 e. The Balaban J connectivity index is 2.31. The van der Waals surface area contributed by atoms with Gasteiger partial charge in [0.2, 0.25) is 11.7 Å². The van der Waals surface area contributed by atoms with E-state index in [1.54, 1.807) is 0 Å². The van der Waals surface area contributed by atoms with Gasteiger partial charge in [-0.05, 0) is 22.0 Å². The van der Waals surface area contributed by atoms with E-state index in [1.807, 2.05) is 0 Å². The topological polar surface area (TPSA) is 87.3 Å². The van der Waals surface area contributed by atoms with Gasteiger partial charge in [-0.15, -0.1) is 0 Å². The van der Waals surface area contributed by atoms with Crippen molar-refractivity contribution in [1.29, 1.82) is 0 Å². The van der Waals surface area contributed by atoms with Gasteiger partial charge in [0.05, 0.1) is 17.3 Å². The number of rotatable bonds is 3. The molecular formula is C12H9BrFN3O3. The summed E-state index contributed by atoms with van der Waals surface area (Å²) in [6, 6.07) is 3.89. The van der Waals surface area contributed by atoms with Crippen LogP contribution in [0.3, 0.4) is 0 Å². The number of nitrogens with two attached hydrogens (primary N) is 1. The van der Waals surface area contributed by atoms with E-state index in [9.17, 15) is 9.18 Å². The van der Waals surface area contributed by atoms with Crippen molar-refractivity contribution in [3.05, 3.63) is 40.5 Å². The lowest BCUT2D eigenvalue weighted by Gasteiger charge is -2.09. The third-order valence-corrected chi connectivity index (χ3v) is 2.87. The maximum absolute atomic E-state index is 13.4. The number of halogens is 2. The van der Waals surface area contributed by atoms with Gasteiger partial charge in [-0.1, -0.05) is 0 Å². The lowest BCUT2D eigenvalue weighted by Crippen LogP contribution is -2.07. The number of hydrogen-bond donors (Lipinski definition) is 1. The van der Waals surface area contributed by atoms with Gasteiger partial charge in [0.15, 0.2) is 5.75 Å². The fourth-order valence-electron chi connectivity index (χ4n) is 1.33. The van der Waals surface area contributed by atoms with E-state index in [0.29, 0.717) is 0 Å². The second-order valence-electron chi connectivity index (χ2n) is 3.62. The molecule has 0 unspecified atom stereocenters. The molecule has 0 amide bonds. The smallest absolute Gasteiger partial charge is 0.376 e. The third kappa shape index (κ3) is 3.02. The standard InChI is InChI=1S/C12H9BrFN3O3/c1-19-12(18)11-16-3-2-10(17-11)20-9-5-7(14)6(13)4-8(9)15/h2-5H,15H2,1H3. The quantitative estimate of drug-likeness (QED) is 0.681. The Morgan fingerprint density at radius 3 is 2.90 bits per heavy atom. The average molecular weight is 342 g/mol. The Bertz CT molecular complexity index is 666. The summed E-state index contributed by atoms with van der Waals surface area (Å²) < 4.78 is 23.5. The van der Waals surface area contributed by atoms with Crippen LogP contribution < -0.4 is 10.5 Å². The zero-order chi connectivity index (χ0) is 14.7. The summed E-state index contributed by atoms with van der Waals surface area (Å²) in [5.41, 5.74) is 5.92. The van der Waals surface area contributed by atoms with Gasteiger partial charge >= 0.3 is 5.97 Å². The first-order valence-corrected chi connectivity index (χ1v) is 6.14. The molecular weight excluding hydrogens is 333 g/mol. The van der Waals surface area contributed by atoms with Crippen LogP contribution in [0.25, 0.3) is 0 Å². The average Bonchev–Trinajstić information content (AvgIpc) is 2.44. The predicted molar refractivity (Wildman–Crippen MR) is 72.0 cm³/mol. The van der Waals surface area contributed by atoms with Gasteiger partial charge < -0.3 is 15.2 Å². The summed E-state index contributed by atoms with van der Waals surface area (Å²) in [4.78, 5) is 18.9. The van der Waals surface area contributed by atoms with E-state index < -0.39 is 11.8 Å². The van der Waals surface area contributed by atoms with Gasteiger partial charge in [-0.25, -0.2) is 14.2 Å². The van der Waals surface area contributed by atoms with E-state index in [0.717, 1.165) is 6.07 Å². The molecule has 0 fully saturated rings. The minimum absolute atomic E-state index is 0.0498. The highest BCUT2D eigenvalue weighted by atomic mass is 79.9. The van der Waals surface area contributed by atoms with Crippen molar-refractivity contribution in [1.82, 2.24) is 9.97 Å². The Kier molecular flexibility index (Phi) is 4.14. The highest BCUT2D eigenvalue weighted by Gasteiger charge is 2.12. The number of hydrogen-bond acceptors (Lipinski definition) is 6.